The van der Waals surface area contributed by atoms with Gasteiger partial charge in [0.15, 0.2) is 0 Å². The molecule has 0 aliphatic heterocycles. The monoisotopic (exact) mass is 198 g/mol. The van der Waals surface area contributed by atoms with Crippen LogP contribution in [0.15, 0.2) is 12.2 Å². The number of rotatable bonds is 6. The highest BCUT2D eigenvalue weighted by atomic mass is 16.5. The van der Waals surface area contributed by atoms with Crippen LogP contribution in [0, 0.1) is 0 Å². The van der Waals surface area contributed by atoms with Gasteiger partial charge in [-0.3, -0.25) is 4.79 Å². The number of nitrogens with one attached hydrogen (secondary N) is 1. The van der Waals surface area contributed by atoms with Crippen molar-refractivity contribution in [1.82, 2.24) is 5.32 Å². The minimum absolute atomic E-state index is 0.0161. The molecule has 1 atom stereocenters. The fourth-order valence-corrected chi connectivity index (χ4v) is 1.47. The molecule has 0 heterocycles. The molecule has 1 rings (SSSR count). The van der Waals surface area contributed by atoms with Gasteiger partial charge in [0.25, 0.3) is 0 Å². The van der Waals surface area contributed by atoms with Crippen molar-refractivity contribution >= 4 is 5.91 Å². The van der Waals surface area contributed by atoms with E-state index in [4.69, 9.17) is 10.5 Å². The summed E-state index contributed by atoms with van der Waals surface area (Å²) in [5, 5.41) is 3.33. The molecule has 0 saturated carbocycles. The van der Waals surface area contributed by atoms with Gasteiger partial charge in [0.1, 0.15) is 6.61 Å². The predicted octanol–water partition coefficient (Wildman–Crippen LogP) is 0.187. The zero-order chi connectivity index (χ0) is 10.2. The second-order valence-corrected chi connectivity index (χ2v) is 3.44. The zero-order valence-electron chi connectivity index (χ0n) is 8.37. The van der Waals surface area contributed by atoms with Gasteiger partial charge in [-0.25, -0.2) is 0 Å². The first kappa shape index (κ1) is 11.2. The summed E-state index contributed by atoms with van der Waals surface area (Å²) in [4.78, 5) is 10.3. The van der Waals surface area contributed by atoms with E-state index in [-0.39, 0.29) is 6.61 Å². The number of hydrogen-bond acceptors (Lipinski definition) is 3. The Labute approximate surface area is 84.5 Å². The first-order valence-corrected chi connectivity index (χ1v) is 5.05. The Bertz CT molecular complexity index is 204. The molecule has 0 aromatic rings. The molecule has 1 unspecified atom stereocenters. The lowest BCUT2D eigenvalue weighted by molar-refractivity contribution is -0.122. The van der Waals surface area contributed by atoms with E-state index in [1.165, 1.54) is 19.3 Å². The van der Waals surface area contributed by atoms with Crippen LogP contribution in [0.3, 0.4) is 0 Å². The van der Waals surface area contributed by atoms with E-state index in [2.05, 4.69) is 17.5 Å². The molecule has 0 aromatic heterocycles. The van der Waals surface area contributed by atoms with Crippen LogP contribution < -0.4 is 11.1 Å². The topological polar surface area (TPSA) is 64.4 Å². The Balaban J connectivity index is 1.95. The number of amides is 1. The Kier molecular flexibility index (Phi) is 5.25. The number of carbonyl (C=O) groups is 1. The first-order valence-electron chi connectivity index (χ1n) is 5.05. The Hall–Kier alpha value is -0.870. The number of nitrogens with two attached hydrogens (primary N) is 1. The van der Waals surface area contributed by atoms with Crippen LogP contribution >= 0.6 is 0 Å². The maximum atomic E-state index is 10.3. The van der Waals surface area contributed by atoms with Crippen molar-refractivity contribution in [2.45, 2.75) is 25.3 Å². The van der Waals surface area contributed by atoms with Crippen molar-refractivity contribution in [1.29, 1.82) is 0 Å². The Morgan fingerprint density at radius 2 is 2.50 bits per heavy atom. The van der Waals surface area contributed by atoms with E-state index < -0.39 is 5.91 Å². The summed E-state index contributed by atoms with van der Waals surface area (Å²) in [6.45, 7) is 1.32. The minimum atomic E-state index is -0.414. The lowest BCUT2D eigenvalue weighted by atomic mass is 10.0. The SMILES string of the molecule is NC(=O)COCCNC1C=CCCC1. The molecule has 1 amide bonds. The average molecular weight is 198 g/mol. The van der Waals surface area contributed by atoms with Crippen molar-refractivity contribution in [2.24, 2.45) is 5.73 Å². The van der Waals surface area contributed by atoms with Gasteiger partial charge in [-0.15, -0.1) is 0 Å². The normalized spacial score (nSPS) is 21.0. The fraction of sp³-hybridized carbons (Fsp3) is 0.700. The number of hydrogen-bond donors (Lipinski definition) is 2. The van der Waals surface area contributed by atoms with E-state index in [0.717, 1.165) is 6.54 Å². The highest BCUT2D eigenvalue weighted by Crippen LogP contribution is 2.09. The Morgan fingerprint density at radius 3 is 3.14 bits per heavy atom. The molecule has 3 N–H and O–H groups in total. The highest BCUT2D eigenvalue weighted by Gasteiger charge is 2.06. The van der Waals surface area contributed by atoms with Crippen LogP contribution in [0.25, 0.3) is 0 Å². The van der Waals surface area contributed by atoms with Gasteiger partial charge >= 0.3 is 0 Å². The second-order valence-electron chi connectivity index (χ2n) is 3.44. The van der Waals surface area contributed by atoms with Crippen LogP contribution in [0.4, 0.5) is 0 Å². The van der Waals surface area contributed by atoms with Crippen LogP contribution in [0.5, 0.6) is 0 Å². The lowest BCUT2D eigenvalue weighted by Crippen LogP contribution is -2.32. The predicted molar refractivity (Wildman–Crippen MR) is 54.8 cm³/mol. The molecular formula is C10H18N2O2. The highest BCUT2D eigenvalue weighted by molar-refractivity contribution is 5.74. The third-order valence-electron chi connectivity index (χ3n) is 2.15. The first-order chi connectivity index (χ1) is 6.79. The molecule has 1 aliphatic rings. The van der Waals surface area contributed by atoms with Gasteiger partial charge in [0.2, 0.25) is 5.91 Å². The van der Waals surface area contributed by atoms with Gasteiger partial charge in [-0.1, -0.05) is 12.2 Å². The molecule has 0 spiro atoms. The fourth-order valence-electron chi connectivity index (χ4n) is 1.47. The van der Waals surface area contributed by atoms with Crippen molar-refractivity contribution in [3.63, 3.8) is 0 Å². The summed E-state index contributed by atoms with van der Waals surface area (Å²) in [5.41, 5.74) is 4.92. The molecule has 0 saturated heterocycles. The van der Waals surface area contributed by atoms with Gasteiger partial charge in [-0.05, 0) is 19.3 Å². The maximum Gasteiger partial charge on any atom is 0.243 e. The standard InChI is InChI=1S/C10H18N2O2/c11-10(13)8-14-7-6-12-9-4-2-1-3-5-9/h2,4,9,12H,1,3,5-8H2,(H2,11,13). The molecule has 0 fully saturated rings. The molecule has 0 aromatic carbocycles. The average Bonchev–Trinajstić information content (AvgIpc) is 2.18. The molecular weight excluding hydrogens is 180 g/mol. The molecule has 0 radical (unpaired) electrons. The summed E-state index contributed by atoms with van der Waals surface area (Å²) in [6, 6.07) is 0.473. The summed E-state index contributed by atoms with van der Waals surface area (Å²) in [5.74, 6) is -0.414. The van der Waals surface area contributed by atoms with E-state index in [0.29, 0.717) is 12.6 Å². The second kappa shape index (κ2) is 6.56. The minimum Gasteiger partial charge on any atom is -0.370 e. The van der Waals surface area contributed by atoms with Gasteiger partial charge < -0.3 is 15.8 Å². The molecule has 1 aliphatic carbocycles. The molecule has 4 nitrogen and oxygen atoms in total. The number of primary amides is 1. The van der Waals surface area contributed by atoms with E-state index in [1.54, 1.807) is 0 Å². The van der Waals surface area contributed by atoms with Crippen molar-refractivity contribution in [3.8, 4) is 0 Å². The van der Waals surface area contributed by atoms with E-state index in [9.17, 15) is 4.79 Å². The molecule has 0 bridgehead atoms. The Morgan fingerprint density at radius 1 is 1.64 bits per heavy atom. The summed E-state index contributed by atoms with van der Waals surface area (Å²) in [7, 11) is 0. The maximum absolute atomic E-state index is 10.3. The van der Waals surface area contributed by atoms with Crippen molar-refractivity contribution < 1.29 is 9.53 Å². The molecule has 4 heteroatoms. The van der Waals surface area contributed by atoms with Crippen molar-refractivity contribution in [2.75, 3.05) is 19.8 Å². The third-order valence-corrected chi connectivity index (χ3v) is 2.15. The van der Waals surface area contributed by atoms with Crippen LogP contribution in [-0.4, -0.2) is 31.7 Å². The smallest absolute Gasteiger partial charge is 0.243 e. The lowest BCUT2D eigenvalue weighted by Gasteiger charge is -2.17. The van der Waals surface area contributed by atoms with Crippen molar-refractivity contribution in [3.05, 3.63) is 12.2 Å². The number of ether oxygens (including phenoxy) is 1. The quantitative estimate of drug-likeness (QED) is 0.473. The van der Waals surface area contributed by atoms with Crippen LogP contribution in [0.1, 0.15) is 19.3 Å². The van der Waals surface area contributed by atoms with Gasteiger partial charge in [0, 0.05) is 12.6 Å². The molecule has 14 heavy (non-hydrogen) atoms. The summed E-state index contributed by atoms with van der Waals surface area (Å²) < 4.78 is 5.02. The van der Waals surface area contributed by atoms with Gasteiger partial charge in [0.05, 0.1) is 6.61 Å². The molecule has 80 valence electrons. The summed E-state index contributed by atoms with van der Waals surface area (Å²) in [6.07, 6.45) is 8.02. The van der Waals surface area contributed by atoms with E-state index >= 15 is 0 Å². The number of allylic oxidation sites excluding steroid dienone is 1. The largest absolute Gasteiger partial charge is 0.370 e. The number of carbonyl (C=O) groups excluding carboxylic acids is 1. The van der Waals surface area contributed by atoms with Crippen LogP contribution in [0.2, 0.25) is 0 Å². The van der Waals surface area contributed by atoms with Gasteiger partial charge in [-0.2, -0.15) is 0 Å². The zero-order valence-corrected chi connectivity index (χ0v) is 8.37. The third kappa shape index (κ3) is 4.99. The van der Waals surface area contributed by atoms with E-state index in [1.807, 2.05) is 0 Å². The van der Waals surface area contributed by atoms with Crippen LogP contribution in [-0.2, 0) is 9.53 Å². The summed E-state index contributed by atoms with van der Waals surface area (Å²) >= 11 is 0.